The molecule has 1 aliphatic carbocycles. The van der Waals surface area contributed by atoms with E-state index in [1.807, 2.05) is 0 Å². The molecule has 1 saturated carbocycles. The number of ether oxygens (including phenoxy) is 1. The third kappa shape index (κ3) is 5.34. The highest BCUT2D eigenvalue weighted by atomic mass is 16.5. The average Bonchev–Trinajstić information content (AvgIpc) is 2.93. The van der Waals surface area contributed by atoms with E-state index in [9.17, 15) is 9.59 Å². The van der Waals surface area contributed by atoms with Crippen LogP contribution in [0.1, 0.15) is 32.1 Å². The second-order valence-corrected chi connectivity index (χ2v) is 5.00. The minimum absolute atomic E-state index is 0.0766. The van der Waals surface area contributed by atoms with Crippen LogP contribution in [0, 0.1) is 0 Å². The van der Waals surface area contributed by atoms with Crippen LogP contribution in [0.15, 0.2) is 0 Å². The summed E-state index contributed by atoms with van der Waals surface area (Å²) >= 11 is 0. The Balaban J connectivity index is 2.46. The number of nitrogens with zero attached hydrogens (tertiary/aromatic N) is 1. The van der Waals surface area contributed by atoms with Crippen LogP contribution >= 0.6 is 0 Å². The molecular formula is C13H24N2O5. The summed E-state index contributed by atoms with van der Waals surface area (Å²) < 4.78 is 5.01. The fourth-order valence-corrected chi connectivity index (χ4v) is 2.51. The fourth-order valence-electron chi connectivity index (χ4n) is 2.51. The second kappa shape index (κ2) is 8.76. The fraction of sp³-hybridized carbons (Fsp3) is 0.846. The van der Waals surface area contributed by atoms with Crippen LogP contribution in [-0.4, -0.2) is 66.1 Å². The number of hydrogen-bond donors (Lipinski definition) is 3. The summed E-state index contributed by atoms with van der Waals surface area (Å²) in [6.45, 7) is 0.371. The highest BCUT2D eigenvalue weighted by molar-refractivity contribution is 5.74. The number of carbonyl (C=O) groups is 2. The van der Waals surface area contributed by atoms with Crippen LogP contribution in [0.5, 0.6) is 0 Å². The maximum absolute atomic E-state index is 12.1. The highest BCUT2D eigenvalue weighted by Crippen LogP contribution is 2.23. The van der Waals surface area contributed by atoms with E-state index < -0.39 is 12.1 Å². The Morgan fingerprint density at radius 1 is 1.40 bits per heavy atom. The first-order chi connectivity index (χ1) is 9.58. The van der Waals surface area contributed by atoms with Gasteiger partial charge in [0.15, 0.2) is 0 Å². The van der Waals surface area contributed by atoms with Crippen LogP contribution in [-0.2, 0) is 9.53 Å². The number of carboxylic acids is 1. The van der Waals surface area contributed by atoms with Crippen molar-refractivity contribution in [3.8, 4) is 0 Å². The molecule has 0 aromatic rings. The molecule has 1 rings (SSSR count). The lowest BCUT2D eigenvalue weighted by molar-refractivity contribution is -0.139. The number of rotatable bonds is 8. The number of carboxylic acid groups (broad SMARTS) is 1. The molecule has 0 spiro atoms. The molecule has 3 N–H and O–H groups in total. The van der Waals surface area contributed by atoms with Gasteiger partial charge in [0.25, 0.3) is 0 Å². The molecule has 1 unspecified atom stereocenters. The molecule has 0 aromatic carbocycles. The molecule has 116 valence electrons. The molecule has 0 aliphatic heterocycles. The van der Waals surface area contributed by atoms with Crippen molar-refractivity contribution in [1.82, 2.24) is 10.2 Å². The van der Waals surface area contributed by atoms with Gasteiger partial charge in [0.05, 0.1) is 19.1 Å². The Hall–Kier alpha value is -1.34. The van der Waals surface area contributed by atoms with Crippen LogP contribution in [0.25, 0.3) is 0 Å². The Labute approximate surface area is 118 Å². The molecule has 0 saturated heterocycles. The number of carbonyl (C=O) groups excluding carboxylic acids is 1. The van der Waals surface area contributed by atoms with Crippen LogP contribution in [0.2, 0.25) is 0 Å². The van der Waals surface area contributed by atoms with Crippen molar-refractivity contribution in [1.29, 1.82) is 0 Å². The molecule has 0 aromatic heterocycles. The molecule has 2 amide bonds. The number of nitrogens with one attached hydrogen (secondary N) is 1. The predicted molar refractivity (Wildman–Crippen MR) is 72.5 cm³/mol. The van der Waals surface area contributed by atoms with Crippen molar-refractivity contribution in [3.63, 3.8) is 0 Å². The van der Waals surface area contributed by atoms with E-state index in [1.54, 1.807) is 4.90 Å². The summed E-state index contributed by atoms with van der Waals surface area (Å²) in [4.78, 5) is 24.4. The van der Waals surface area contributed by atoms with Crippen molar-refractivity contribution in [2.75, 3.05) is 26.8 Å². The Bertz CT molecular complexity index is 318. The average molecular weight is 288 g/mol. The van der Waals surface area contributed by atoms with Gasteiger partial charge in [-0.3, -0.25) is 4.79 Å². The Kier molecular flexibility index (Phi) is 7.32. The van der Waals surface area contributed by atoms with E-state index in [4.69, 9.17) is 14.9 Å². The molecule has 0 radical (unpaired) electrons. The molecular weight excluding hydrogens is 264 g/mol. The van der Waals surface area contributed by atoms with Gasteiger partial charge in [-0.25, -0.2) is 4.79 Å². The SMILES string of the molecule is COC(CNC(=O)N(CCO)C1CCCC1)CC(=O)O. The normalized spacial score (nSPS) is 16.9. The molecule has 20 heavy (non-hydrogen) atoms. The first kappa shape index (κ1) is 16.7. The van der Waals surface area contributed by atoms with Gasteiger partial charge < -0.3 is 25.2 Å². The number of urea groups is 1. The van der Waals surface area contributed by atoms with Gasteiger partial charge in [-0.1, -0.05) is 12.8 Å². The summed E-state index contributed by atoms with van der Waals surface area (Å²) in [7, 11) is 1.42. The van der Waals surface area contributed by atoms with Gasteiger partial charge >= 0.3 is 12.0 Å². The highest BCUT2D eigenvalue weighted by Gasteiger charge is 2.26. The van der Waals surface area contributed by atoms with Gasteiger partial charge in [-0.2, -0.15) is 0 Å². The molecule has 7 nitrogen and oxygen atoms in total. The summed E-state index contributed by atoms with van der Waals surface area (Å²) in [5.74, 6) is -0.964. The second-order valence-electron chi connectivity index (χ2n) is 5.00. The van der Waals surface area contributed by atoms with Gasteiger partial charge in [0.1, 0.15) is 0 Å². The van der Waals surface area contributed by atoms with Gasteiger partial charge in [0, 0.05) is 26.2 Å². The predicted octanol–water partition coefficient (Wildman–Crippen LogP) is 0.423. The summed E-state index contributed by atoms with van der Waals surface area (Å²) in [6.07, 6.45) is 3.40. The van der Waals surface area contributed by atoms with Crippen molar-refractivity contribution < 1.29 is 24.5 Å². The van der Waals surface area contributed by atoms with Crippen LogP contribution in [0.3, 0.4) is 0 Å². The number of methoxy groups -OCH3 is 1. The monoisotopic (exact) mass is 288 g/mol. The van der Waals surface area contributed by atoms with Gasteiger partial charge in [-0.15, -0.1) is 0 Å². The Morgan fingerprint density at radius 3 is 2.55 bits per heavy atom. The lowest BCUT2D eigenvalue weighted by Crippen LogP contribution is -2.48. The minimum atomic E-state index is -0.964. The molecule has 1 aliphatic rings. The summed E-state index contributed by atoms with van der Waals surface area (Å²) in [5.41, 5.74) is 0. The third-order valence-electron chi connectivity index (χ3n) is 3.58. The van der Waals surface area contributed by atoms with Crippen LogP contribution in [0.4, 0.5) is 4.79 Å². The van der Waals surface area contributed by atoms with Crippen molar-refractivity contribution in [2.45, 2.75) is 44.2 Å². The van der Waals surface area contributed by atoms with E-state index in [2.05, 4.69) is 5.32 Å². The largest absolute Gasteiger partial charge is 0.481 e. The van der Waals surface area contributed by atoms with Crippen molar-refractivity contribution in [3.05, 3.63) is 0 Å². The number of aliphatic hydroxyl groups is 1. The van der Waals surface area contributed by atoms with Crippen molar-refractivity contribution >= 4 is 12.0 Å². The van der Waals surface area contributed by atoms with E-state index >= 15 is 0 Å². The quantitative estimate of drug-likeness (QED) is 0.601. The zero-order valence-corrected chi connectivity index (χ0v) is 11.9. The zero-order valence-electron chi connectivity index (χ0n) is 11.9. The lowest BCUT2D eigenvalue weighted by atomic mass is 10.2. The smallest absolute Gasteiger partial charge is 0.317 e. The number of aliphatic hydroxyl groups excluding tert-OH is 1. The van der Waals surface area contributed by atoms with E-state index in [0.29, 0.717) is 6.54 Å². The van der Waals surface area contributed by atoms with Gasteiger partial charge in [-0.05, 0) is 12.8 Å². The molecule has 1 atom stereocenters. The zero-order chi connectivity index (χ0) is 15.0. The topological polar surface area (TPSA) is 99.1 Å². The standard InChI is InChI=1S/C13H24N2O5/c1-20-11(8-12(17)18)9-14-13(19)15(6-7-16)10-4-2-3-5-10/h10-11,16H,2-9H2,1H3,(H,14,19)(H,17,18). The van der Waals surface area contributed by atoms with Gasteiger partial charge in [0.2, 0.25) is 0 Å². The minimum Gasteiger partial charge on any atom is -0.481 e. The maximum Gasteiger partial charge on any atom is 0.317 e. The summed E-state index contributed by atoms with van der Waals surface area (Å²) in [6, 6.07) is -0.0963. The summed E-state index contributed by atoms with van der Waals surface area (Å²) in [5, 5.41) is 20.5. The molecule has 0 heterocycles. The molecule has 1 fully saturated rings. The lowest BCUT2D eigenvalue weighted by Gasteiger charge is -2.29. The van der Waals surface area contributed by atoms with Crippen molar-refractivity contribution in [2.24, 2.45) is 0 Å². The Morgan fingerprint density at radius 2 is 2.05 bits per heavy atom. The van der Waals surface area contributed by atoms with E-state index in [0.717, 1.165) is 25.7 Å². The van der Waals surface area contributed by atoms with Crippen LogP contribution < -0.4 is 5.32 Å². The van der Waals surface area contributed by atoms with E-state index in [1.165, 1.54) is 7.11 Å². The third-order valence-corrected chi connectivity index (χ3v) is 3.58. The molecule has 0 bridgehead atoms. The first-order valence-electron chi connectivity index (χ1n) is 6.98. The van der Waals surface area contributed by atoms with E-state index in [-0.39, 0.29) is 31.6 Å². The molecule has 7 heteroatoms. The number of hydrogen-bond acceptors (Lipinski definition) is 4. The maximum atomic E-state index is 12.1. The first-order valence-corrected chi connectivity index (χ1v) is 6.98. The number of amides is 2. The number of aliphatic carboxylic acids is 1.